The summed E-state index contributed by atoms with van der Waals surface area (Å²) in [6.45, 7) is 5.32. The molecule has 52 heavy (non-hydrogen) atoms. The number of azide groups is 1. The van der Waals surface area contributed by atoms with Gasteiger partial charge in [-0.3, -0.25) is 33.7 Å². The minimum Gasteiger partial charge on any atom is -0.340 e. The standard InChI is InChI=1S/C37H45N9O4P2/c1-2-32-11-9-13-34(40-32)28-43-19-23-45(30-51(47,48)36-15-5-3-6-16-36)25-21-44(29-35-14-10-12-33(41-35)27-39-42-38)22-26-46(24-20-43)31-52(49,50)37-17-7-4-8-18-37/h1,3-18H,19-31H2,(H,47,48)(H,49,50). The molecular weight excluding hydrogens is 696 g/mol. The van der Waals surface area contributed by atoms with Crippen molar-refractivity contribution < 1.29 is 18.9 Å². The van der Waals surface area contributed by atoms with Gasteiger partial charge in [0, 0.05) is 86.7 Å². The van der Waals surface area contributed by atoms with E-state index >= 15 is 0 Å². The van der Waals surface area contributed by atoms with Gasteiger partial charge in [-0.25, -0.2) is 4.98 Å². The van der Waals surface area contributed by atoms with Crippen LogP contribution in [0, 0.1) is 12.3 Å². The largest absolute Gasteiger partial charge is 0.340 e. The second kappa shape index (κ2) is 19.1. The number of aromatic nitrogens is 2. The fourth-order valence-electron chi connectivity index (χ4n) is 6.12. The molecule has 5 rings (SSSR count). The number of benzene rings is 2. The van der Waals surface area contributed by atoms with Crippen LogP contribution in [0.2, 0.25) is 0 Å². The summed E-state index contributed by atoms with van der Waals surface area (Å²) < 4.78 is 27.5. The molecule has 1 fully saturated rings. The molecule has 0 bridgehead atoms. The number of pyridine rings is 2. The number of nitrogens with zero attached hydrogens (tertiary/aromatic N) is 9. The molecule has 2 atom stereocenters. The maximum Gasteiger partial charge on any atom is 0.243 e. The molecule has 1 saturated heterocycles. The lowest BCUT2D eigenvalue weighted by molar-refractivity contribution is 0.138. The average molecular weight is 742 g/mol. The van der Waals surface area contributed by atoms with E-state index in [0.29, 0.717) is 87.4 Å². The highest BCUT2D eigenvalue weighted by molar-refractivity contribution is 7.66. The van der Waals surface area contributed by atoms with Crippen molar-refractivity contribution in [2.45, 2.75) is 19.6 Å². The summed E-state index contributed by atoms with van der Waals surface area (Å²) in [5, 5.41) is 4.47. The summed E-state index contributed by atoms with van der Waals surface area (Å²) >= 11 is 0. The molecule has 0 radical (unpaired) electrons. The van der Waals surface area contributed by atoms with Gasteiger partial charge in [0.05, 0.1) is 30.5 Å². The van der Waals surface area contributed by atoms with Gasteiger partial charge in [-0.05, 0) is 54.1 Å². The van der Waals surface area contributed by atoms with Crippen LogP contribution >= 0.6 is 14.7 Å². The van der Waals surface area contributed by atoms with Crippen molar-refractivity contribution in [3.05, 3.63) is 130 Å². The first-order chi connectivity index (χ1) is 25.1. The Kier molecular flexibility index (Phi) is 14.3. The van der Waals surface area contributed by atoms with Gasteiger partial charge in [0.25, 0.3) is 0 Å². The predicted octanol–water partition coefficient (Wildman–Crippen LogP) is 4.30. The number of hydrogen-bond acceptors (Lipinski definition) is 9. The number of rotatable bonds is 12. The van der Waals surface area contributed by atoms with Crippen LogP contribution in [0.25, 0.3) is 10.4 Å². The molecule has 2 aromatic heterocycles. The number of hydrogen-bond donors (Lipinski definition) is 2. The molecule has 0 spiro atoms. The van der Waals surface area contributed by atoms with Gasteiger partial charge in [0.2, 0.25) is 14.7 Å². The van der Waals surface area contributed by atoms with Gasteiger partial charge in [-0.2, -0.15) is 0 Å². The molecule has 1 aliphatic rings. The fraction of sp³-hybridized carbons (Fsp3) is 0.351. The second-order valence-electron chi connectivity index (χ2n) is 12.8. The van der Waals surface area contributed by atoms with Crippen LogP contribution in [0.1, 0.15) is 22.8 Å². The van der Waals surface area contributed by atoms with Crippen molar-refractivity contribution in [1.29, 1.82) is 0 Å². The molecule has 272 valence electrons. The van der Waals surface area contributed by atoms with Crippen LogP contribution in [0.3, 0.4) is 0 Å². The number of terminal acetylenes is 1. The van der Waals surface area contributed by atoms with Crippen LogP contribution in [-0.4, -0.2) is 104 Å². The Morgan fingerprint density at radius 2 is 1.06 bits per heavy atom. The summed E-state index contributed by atoms with van der Waals surface area (Å²) in [7, 11) is -7.44. The minimum absolute atomic E-state index is 0.0136. The van der Waals surface area contributed by atoms with Crippen LogP contribution in [0.5, 0.6) is 0 Å². The van der Waals surface area contributed by atoms with E-state index in [1.807, 2.05) is 52.3 Å². The van der Waals surface area contributed by atoms with Crippen LogP contribution in [0.4, 0.5) is 0 Å². The molecule has 0 saturated carbocycles. The van der Waals surface area contributed by atoms with Gasteiger partial charge in [0.1, 0.15) is 5.69 Å². The van der Waals surface area contributed by atoms with E-state index in [9.17, 15) is 18.9 Å². The van der Waals surface area contributed by atoms with Gasteiger partial charge in [-0.1, -0.05) is 59.6 Å². The first kappa shape index (κ1) is 39.0. The minimum atomic E-state index is -3.72. The quantitative estimate of drug-likeness (QED) is 0.0705. The maximum absolute atomic E-state index is 13.7. The predicted molar refractivity (Wildman–Crippen MR) is 204 cm³/mol. The average Bonchev–Trinajstić information content (AvgIpc) is 3.15. The van der Waals surface area contributed by atoms with Crippen LogP contribution in [-0.2, 0) is 28.8 Å². The first-order valence-electron chi connectivity index (χ1n) is 17.2. The molecule has 2 aromatic carbocycles. The van der Waals surface area contributed by atoms with Crippen LogP contribution in [0.15, 0.2) is 102 Å². The van der Waals surface area contributed by atoms with E-state index < -0.39 is 14.7 Å². The molecule has 1 aliphatic heterocycles. The van der Waals surface area contributed by atoms with E-state index in [1.165, 1.54) is 0 Å². The molecule has 4 aromatic rings. The first-order valence-corrected chi connectivity index (χ1v) is 20.8. The Labute approximate surface area is 305 Å². The Hall–Kier alpha value is -4.17. The summed E-state index contributed by atoms with van der Waals surface area (Å²) in [6, 6.07) is 28.7. The monoisotopic (exact) mass is 741 g/mol. The van der Waals surface area contributed by atoms with Crippen molar-refractivity contribution in [1.82, 2.24) is 29.6 Å². The molecule has 3 heterocycles. The topological polar surface area (TPSA) is 162 Å². The molecule has 0 aliphatic carbocycles. The third-order valence-electron chi connectivity index (χ3n) is 8.92. The van der Waals surface area contributed by atoms with Crippen molar-refractivity contribution >= 4 is 25.3 Å². The fourth-order valence-corrected chi connectivity index (χ4v) is 9.37. The molecule has 0 amide bonds. The maximum atomic E-state index is 13.7. The third-order valence-corrected chi connectivity index (χ3v) is 12.7. The normalized spacial score (nSPS) is 18.1. The summed E-state index contributed by atoms with van der Waals surface area (Å²) in [5.74, 6) is 2.60. The zero-order valence-electron chi connectivity index (χ0n) is 29.1. The molecular formula is C37H45N9O4P2. The van der Waals surface area contributed by atoms with Gasteiger partial charge < -0.3 is 9.79 Å². The molecule has 13 nitrogen and oxygen atoms in total. The second-order valence-corrected chi connectivity index (χ2v) is 17.2. The van der Waals surface area contributed by atoms with E-state index in [0.717, 1.165) is 11.4 Å². The third kappa shape index (κ3) is 11.9. The summed E-state index contributed by atoms with van der Waals surface area (Å²) in [6.07, 6.45) is 5.61. The molecule has 2 N–H and O–H groups in total. The lowest BCUT2D eigenvalue weighted by atomic mass is 10.2. The summed E-state index contributed by atoms with van der Waals surface area (Å²) in [4.78, 5) is 43.3. The lowest BCUT2D eigenvalue weighted by Crippen LogP contribution is -2.46. The van der Waals surface area contributed by atoms with E-state index in [1.54, 1.807) is 54.6 Å². The Morgan fingerprint density at radius 3 is 1.52 bits per heavy atom. The Morgan fingerprint density at radius 1 is 0.635 bits per heavy atom. The molecule has 15 heteroatoms. The van der Waals surface area contributed by atoms with Gasteiger partial charge >= 0.3 is 0 Å². The van der Waals surface area contributed by atoms with Crippen molar-refractivity contribution in [2.75, 3.05) is 64.9 Å². The Balaban J connectivity index is 1.43. The zero-order valence-corrected chi connectivity index (χ0v) is 30.9. The van der Waals surface area contributed by atoms with Crippen molar-refractivity contribution in [2.24, 2.45) is 5.11 Å². The van der Waals surface area contributed by atoms with Crippen molar-refractivity contribution in [3.8, 4) is 12.3 Å². The van der Waals surface area contributed by atoms with Crippen molar-refractivity contribution in [3.63, 3.8) is 0 Å². The van der Waals surface area contributed by atoms with Crippen LogP contribution < -0.4 is 10.6 Å². The zero-order chi connectivity index (χ0) is 36.8. The molecule has 2 unspecified atom stereocenters. The van der Waals surface area contributed by atoms with Gasteiger partial charge in [-0.15, -0.1) is 6.42 Å². The highest BCUT2D eigenvalue weighted by Gasteiger charge is 2.28. The SMILES string of the molecule is C#Cc1cccc(CN2CCN(CP(=O)(O)c3ccccc3)CCN(Cc3cccc(CN=[N+]=[N-])n3)CCN(CP(=O)(O)c3ccccc3)CC2)n1. The van der Waals surface area contributed by atoms with E-state index in [-0.39, 0.29) is 19.1 Å². The summed E-state index contributed by atoms with van der Waals surface area (Å²) in [5.41, 5.74) is 11.6. The highest BCUT2D eigenvalue weighted by atomic mass is 31.2. The smallest absolute Gasteiger partial charge is 0.243 e. The van der Waals surface area contributed by atoms with E-state index in [4.69, 9.17) is 16.9 Å². The van der Waals surface area contributed by atoms with Gasteiger partial charge in [0.15, 0.2) is 0 Å². The highest BCUT2D eigenvalue weighted by Crippen LogP contribution is 2.40. The lowest BCUT2D eigenvalue weighted by Gasteiger charge is -2.35. The van der Waals surface area contributed by atoms with E-state index in [2.05, 4.69) is 30.7 Å². The Bertz CT molecular complexity index is 1860.